The van der Waals surface area contributed by atoms with Gasteiger partial charge in [-0.3, -0.25) is 0 Å². The van der Waals surface area contributed by atoms with Crippen LogP contribution in [0.1, 0.15) is 5.56 Å². The summed E-state index contributed by atoms with van der Waals surface area (Å²) in [4.78, 5) is 5.97. The third kappa shape index (κ3) is 8.21. The molecule has 6 heteroatoms. The van der Waals surface area contributed by atoms with Gasteiger partial charge in [0.05, 0.1) is 61.1 Å². The quantitative estimate of drug-likeness (QED) is 0.137. The molecule has 19 rings (SSSR count). The van der Waals surface area contributed by atoms with Gasteiger partial charge in [-0.15, -0.1) is 0 Å². The molecule has 96 heavy (non-hydrogen) atoms. The topological polar surface area (TPSA) is 56.4 Å². The van der Waals surface area contributed by atoms with E-state index in [-0.39, 0.29) is 0 Å². The van der Waals surface area contributed by atoms with Gasteiger partial charge in [0.15, 0.2) is 0 Å². The van der Waals surface area contributed by atoms with Crippen LogP contribution in [0.2, 0.25) is 0 Å². The molecule has 0 aliphatic carbocycles. The Hall–Kier alpha value is -13.1. The first-order chi connectivity index (χ1) is 47.7. The second kappa shape index (κ2) is 22.1. The van der Waals surface area contributed by atoms with E-state index in [0.29, 0.717) is 5.56 Å². The summed E-state index contributed by atoms with van der Waals surface area (Å²) in [7, 11) is 0. The van der Waals surface area contributed by atoms with Crippen LogP contribution in [0, 0.1) is 11.3 Å². The molecule has 0 fully saturated rings. The molecule has 446 valence electrons. The molecule has 0 unspecified atom stereocenters. The monoisotopic (exact) mass is 1220 g/mol. The van der Waals surface area contributed by atoms with Gasteiger partial charge in [-0.1, -0.05) is 255 Å². The third-order valence-electron chi connectivity index (χ3n) is 19.6. The van der Waals surface area contributed by atoms with E-state index in [1.54, 1.807) is 0 Å². The number of hydrogen-bond acceptors (Lipinski definition) is 2. The molecule has 19 aromatic rings. The lowest BCUT2D eigenvalue weighted by atomic mass is 9.75. The lowest BCUT2D eigenvalue weighted by Crippen LogP contribution is -2.07. The van der Waals surface area contributed by atoms with Gasteiger partial charge >= 0.3 is 0 Å². The highest BCUT2D eigenvalue weighted by atomic mass is 15.0. The molecule has 5 heterocycles. The van der Waals surface area contributed by atoms with Crippen LogP contribution in [-0.2, 0) is 0 Å². The lowest BCUT2D eigenvalue weighted by molar-refractivity contribution is 1.18. The summed E-state index contributed by atoms with van der Waals surface area (Å²) in [6.07, 6.45) is 0. The molecule has 0 aliphatic rings. The fraction of sp³-hybridized carbons (Fsp3) is 0. The molecular weight excluding hydrogens is 1170 g/mol. The lowest BCUT2D eigenvalue weighted by Gasteiger charge is -2.28. The Morgan fingerprint density at radius 3 is 0.823 bits per heavy atom. The van der Waals surface area contributed by atoms with Crippen molar-refractivity contribution in [2.45, 2.75) is 0 Å². The first-order valence-electron chi connectivity index (χ1n) is 32.7. The second-order valence-corrected chi connectivity index (χ2v) is 24.7. The summed E-state index contributed by atoms with van der Waals surface area (Å²) >= 11 is 0. The number of nitriles is 1. The van der Waals surface area contributed by atoms with E-state index in [0.717, 1.165) is 177 Å². The number of benzene rings is 14. The van der Waals surface area contributed by atoms with Crippen molar-refractivity contribution in [1.29, 1.82) is 5.26 Å². The number of hydrogen-bond donors (Lipinski definition) is 0. The smallest absolute Gasteiger partial charge is 0.100 e. The molecule has 0 atom stereocenters. The summed E-state index contributed by atoms with van der Waals surface area (Å²) in [5, 5.41) is 22.3. The third-order valence-corrected chi connectivity index (χ3v) is 19.6. The number of aromatic nitrogens is 5. The number of fused-ring (bicyclic) bond motifs is 12. The van der Waals surface area contributed by atoms with Crippen molar-refractivity contribution in [1.82, 2.24) is 23.3 Å². The van der Waals surface area contributed by atoms with Gasteiger partial charge < -0.3 is 18.3 Å². The molecule has 5 aromatic heterocycles. The Kier molecular flexibility index (Phi) is 12.6. The minimum Gasteiger partial charge on any atom is -0.309 e. The number of nitrogens with zero attached hydrogens (tertiary/aromatic N) is 6. The van der Waals surface area contributed by atoms with Crippen molar-refractivity contribution in [3.05, 3.63) is 345 Å². The fourth-order valence-corrected chi connectivity index (χ4v) is 15.8. The standard InChI is InChI=1S/C90H56N6/c91-57-75-82(71-47-24-43-67-63-39-16-20-53-78(63)93(87(67)71)59-31-8-2-9-32-59)84(73-49-26-45-69-65-41-18-22-55-80(65)95(89(69)73)61-35-12-4-13-36-61)85(74-50-27-46-70-66-42-19-23-56-81(66)96(90(70)74)62-37-14-5-15-38-62)86(77-52-28-51-76(92-77)58-29-6-1-7-30-58)83(75)72-48-25-44-68-64-40-17-21-54-79(64)94(88(68)72)60-33-10-3-11-34-60/h1-56H. The largest absolute Gasteiger partial charge is 0.309 e. The van der Waals surface area contributed by atoms with Crippen molar-refractivity contribution in [3.63, 3.8) is 0 Å². The van der Waals surface area contributed by atoms with Gasteiger partial charge in [0.1, 0.15) is 6.07 Å². The Bertz CT molecular complexity index is 6370. The SMILES string of the molecule is N#Cc1c(-c2cccc3c4ccccc4n(-c4ccccc4)c23)c(-c2cccc(-c3ccccc3)n2)c(-c2cccc3c4ccccc4n(-c4ccccc4)c23)c(-c2cccc3c4ccccc4n(-c4ccccc4)c23)c1-c1cccc2c3ccccc3n(-c3ccccc3)c12. The van der Waals surface area contributed by atoms with Gasteiger partial charge in [-0.2, -0.15) is 5.26 Å². The van der Waals surface area contributed by atoms with Crippen LogP contribution >= 0.6 is 0 Å². The van der Waals surface area contributed by atoms with E-state index in [1.807, 2.05) is 0 Å². The predicted molar refractivity (Wildman–Crippen MR) is 399 cm³/mol. The predicted octanol–water partition coefficient (Wildman–Crippen LogP) is 23.3. The summed E-state index contributed by atoms with van der Waals surface area (Å²) in [5.41, 5.74) is 23.3. The van der Waals surface area contributed by atoms with Crippen molar-refractivity contribution >= 4 is 87.2 Å². The van der Waals surface area contributed by atoms with Crippen molar-refractivity contribution in [2.75, 3.05) is 0 Å². The average Bonchev–Trinajstić information content (AvgIpc) is 0.915. The number of para-hydroxylation sites is 12. The van der Waals surface area contributed by atoms with Gasteiger partial charge in [0, 0.05) is 121 Å². The summed E-state index contributed by atoms with van der Waals surface area (Å²) in [6, 6.07) is 125. The van der Waals surface area contributed by atoms with E-state index in [4.69, 9.17) is 4.98 Å². The minimum absolute atomic E-state index is 0.514. The molecular formula is C90H56N6. The molecule has 0 radical (unpaired) electrons. The van der Waals surface area contributed by atoms with E-state index in [1.165, 1.54) is 0 Å². The van der Waals surface area contributed by atoms with Crippen LogP contribution in [0.25, 0.3) is 177 Å². The second-order valence-electron chi connectivity index (χ2n) is 24.7. The Morgan fingerprint density at radius 1 is 0.219 bits per heavy atom. The van der Waals surface area contributed by atoms with Gasteiger partial charge in [-0.25, -0.2) is 4.98 Å². The van der Waals surface area contributed by atoms with Crippen molar-refractivity contribution in [2.24, 2.45) is 0 Å². The van der Waals surface area contributed by atoms with Crippen molar-refractivity contribution in [3.8, 4) is 95.8 Å². The summed E-state index contributed by atoms with van der Waals surface area (Å²) in [5.74, 6) is 0. The van der Waals surface area contributed by atoms with Crippen LogP contribution in [0.15, 0.2) is 340 Å². The molecule has 0 bridgehead atoms. The Morgan fingerprint density at radius 2 is 0.479 bits per heavy atom. The van der Waals surface area contributed by atoms with E-state index < -0.39 is 0 Å². The van der Waals surface area contributed by atoms with Crippen LogP contribution in [0.3, 0.4) is 0 Å². The Balaban J connectivity index is 1.14. The van der Waals surface area contributed by atoms with Gasteiger partial charge in [0.25, 0.3) is 0 Å². The van der Waals surface area contributed by atoms with Crippen LogP contribution < -0.4 is 0 Å². The summed E-state index contributed by atoms with van der Waals surface area (Å²) < 4.78 is 9.74. The van der Waals surface area contributed by atoms with E-state index in [2.05, 4.69) is 364 Å². The zero-order valence-electron chi connectivity index (χ0n) is 52.0. The Labute approximate surface area is 553 Å². The molecule has 0 amide bonds. The molecule has 0 spiro atoms. The maximum absolute atomic E-state index is 13.5. The molecule has 0 saturated heterocycles. The molecule has 0 aliphatic heterocycles. The van der Waals surface area contributed by atoms with Crippen LogP contribution in [0.5, 0.6) is 0 Å². The first-order valence-corrected chi connectivity index (χ1v) is 32.7. The molecule has 0 saturated carbocycles. The number of pyridine rings is 1. The van der Waals surface area contributed by atoms with Crippen LogP contribution in [-0.4, -0.2) is 23.3 Å². The van der Waals surface area contributed by atoms with E-state index in [9.17, 15) is 5.26 Å². The zero-order chi connectivity index (χ0) is 63.4. The van der Waals surface area contributed by atoms with Crippen LogP contribution in [0.4, 0.5) is 0 Å². The minimum atomic E-state index is 0.514. The van der Waals surface area contributed by atoms with Crippen molar-refractivity contribution < 1.29 is 0 Å². The highest BCUT2D eigenvalue weighted by Gasteiger charge is 2.35. The molecule has 6 nitrogen and oxygen atoms in total. The average molecular weight is 1220 g/mol. The zero-order valence-corrected chi connectivity index (χ0v) is 52.0. The molecule has 14 aromatic carbocycles. The maximum atomic E-state index is 13.5. The normalized spacial score (nSPS) is 11.7. The molecule has 0 N–H and O–H groups in total. The maximum Gasteiger partial charge on any atom is 0.100 e. The van der Waals surface area contributed by atoms with Gasteiger partial charge in [-0.05, 0) is 84.9 Å². The number of rotatable bonds is 10. The summed E-state index contributed by atoms with van der Waals surface area (Å²) in [6.45, 7) is 0. The first kappa shape index (κ1) is 54.6. The fourth-order valence-electron chi connectivity index (χ4n) is 15.8. The van der Waals surface area contributed by atoms with E-state index >= 15 is 0 Å². The highest BCUT2D eigenvalue weighted by Crippen LogP contribution is 2.58. The highest BCUT2D eigenvalue weighted by molar-refractivity contribution is 6.26. The van der Waals surface area contributed by atoms with Gasteiger partial charge in [0.2, 0.25) is 0 Å².